The summed E-state index contributed by atoms with van der Waals surface area (Å²) in [5.74, 6) is 1.01. The van der Waals surface area contributed by atoms with E-state index >= 15 is 0 Å². The zero-order chi connectivity index (χ0) is 18.9. The summed E-state index contributed by atoms with van der Waals surface area (Å²) in [5.41, 5.74) is 1.88. The van der Waals surface area contributed by atoms with Gasteiger partial charge in [0.05, 0.1) is 18.8 Å². The highest BCUT2D eigenvalue weighted by atomic mass is 16.5. The molecule has 1 aromatic heterocycles. The highest BCUT2D eigenvalue weighted by molar-refractivity contribution is 5.77. The van der Waals surface area contributed by atoms with Crippen LogP contribution in [0.15, 0.2) is 28.9 Å². The molecule has 0 radical (unpaired) electrons. The predicted octanol–water partition coefficient (Wildman–Crippen LogP) is 4.98. The number of hydrogen-bond acceptors (Lipinski definition) is 4. The van der Waals surface area contributed by atoms with Crippen molar-refractivity contribution in [3.63, 3.8) is 0 Å². The maximum atomic E-state index is 12.6. The van der Waals surface area contributed by atoms with E-state index in [-0.39, 0.29) is 11.4 Å². The van der Waals surface area contributed by atoms with Gasteiger partial charge >= 0.3 is 5.97 Å². The van der Waals surface area contributed by atoms with Crippen molar-refractivity contribution in [2.45, 2.75) is 58.8 Å². The molecule has 0 aromatic carbocycles. The largest absolute Gasteiger partial charge is 0.469 e. The van der Waals surface area contributed by atoms with E-state index in [0.717, 1.165) is 56.8 Å². The van der Waals surface area contributed by atoms with Gasteiger partial charge in [-0.2, -0.15) is 0 Å². The molecule has 0 aliphatic heterocycles. The highest BCUT2D eigenvalue weighted by Crippen LogP contribution is 2.62. The van der Waals surface area contributed by atoms with Gasteiger partial charge in [0.25, 0.3) is 0 Å². The van der Waals surface area contributed by atoms with Crippen LogP contribution < -0.4 is 0 Å². The fraction of sp³-hybridized carbons (Fsp3) is 0.636. The maximum Gasteiger partial charge on any atom is 0.311 e. The number of carbonyl (C=O) groups is 2. The van der Waals surface area contributed by atoms with Crippen molar-refractivity contribution < 1.29 is 18.7 Å². The molecule has 4 nitrogen and oxygen atoms in total. The van der Waals surface area contributed by atoms with Crippen LogP contribution in [0.2, 0.25) is 0 Å². The summed E-state index contributed by atoms with van der Waals surface area (Å²) in [5, 5.41) is 0. The molecule has 2 aliphatic carbocycles. The third kappa shape index (κ3) is 2.93. The standard InChI is InChI=1S/C22H30O4/c1-15-6-9-19-21(2,11-5-12-22(19,3)20(24)25-4)17(15)8-7-16-10-13-26-18(16)14-23/h10,13-14,17,19H,1,5-9,11-12H2,2-4H3/t17-,19+,21-,22+/m0/s1. The minimum absolute atomic E-state index is 0.0433. The van der Waals surface area contributed by atoms with Crippen LogP contribution in [-0.2, 0) is 16.0 Å². The number of rotatable bonds is 5. The molecular weight excluding hydrogens is 328 g/mol. The number of esters is 1. The van der Waals surface area contributed by atoms with Gasteiger partial charge in [0.2, 0.25) is 0 Å². The lowest BCUT2D eigenvalue weighted by atomic mass is 9.46. The molecule has 0 N–H and O–H groups in total. The lowest BCUT2D eigenvalue weighted by Gasteiger charge is -2.57. The number of methoxy groups -OCH3 is 1. The van der Waals surface area contributed by atoms with E-state index in [1.165, 1.54) is 12.7 Å². The maximum absolute atomic E-state index is 12.6. The SMILES string of the molecule is C=C1CC[C@@H]2[C@@](C)(CCC[C@@]2(C)C(=O)OC)[C@H]1CCc1ccoc1C=O. The highest BCUT2D eigenvalue weighted by Gasteiger charge is 2.57. The molecule has 0 saturated heterocycles. The molecular formula is C22H30O4. The quantitative estimate of drug-likeness (QED) is 0.423. The summed E-state index contributed by atoms with van der Waals surface area (Å²) >= 11 is 0. The van der Waals surface area contributed by atoms with Crippen molar-refractivity contribution >= 4 is 12.3 Å². The minimum atomic E-state index is -0.412. The molecule has 0 amide bonds. The van der Waals surface area contributed by atoms with Gasteiger partial charge in [0, 0.05) is 5.56 Å². The number of allylic oxidation sites excluding steroid dienone is 1. The summed E-state index contributed by atoms with van der Waals surface area (Å²) in [7, 11) is 1.50. The van der Waals surface area contributed by atoms with Crippen LogP contribution in [0.4, 0.5) is 0 Å². The Kier molecular flexibility index (Phi) is 5.14. The second-order valence-electron chi connectivity index (χ2n) is 8.54. The molecule has 1 aromatic rings. The normalized spacial score (nSPS) is 34.2. The van der Waals surface area contributed by atoms with E-state index < -0.39 is 5.41 Å². The van der Waals surface area contributed by atoms with Gasteiger partial charge in [-0.15, -0.1) is 0 Å². The molecule has 0 unspecified atom stereocenters. The third-order valence-corrected chi connectivity index (χ3v) is 7.26. The first-order valence-corrected chi connectivity index (χ1v) is 9.64. The first kappa shape index (κ1) is 18.9. The molecule has 2 saturated carbocycles. The Morgan fingerprint density at radius 2 is 2.19 bits per heavy atom. The van der Waals surface area contributed by atoms with E-state index in [1.807, 2.05) is 6.07 Å². The van der Waals surface area contributed by atoms with Crippen molar-refractivity contribution in [3.8, 4) is 0 Å². The summed E-state index contributed by atoms with van der Waals surface area (Å²) in [4.78, 5) is 23.7. The van der Waals surface area contributed by atoms with Gasteiger partial charge in [-0.3, -0.25) is 9.59 Å². The van der Waals surface area contributed by atoms with Gasteiger partial charge in [0.1, 0.15) is 0 Å². The molecule has 2 fully saturated rings. The second kappa shape index (κ2) is 7.05. The molecule has 26 heavy (non-hydrogen) atoms. The van der Waals surface area contributed by atoms with Crippen molar-refractivity contribution in [1.82, 2.24) is 0 Å². The molecule has 4 heteroatoms. The topological polar surface area (TPSA) is 56.5 Å². The van der Waals surface area contributed by atoms with Crippen molar-refractivity contribution in [2.75, 3.05) is 7.11 Å². The van der Waals surface area contributed by atoms with Crippen molar-refractivity contribution in [3.05, 3.63) is 35.8 Å². The zero-order valence-electron chi connectivity index (χ0n) is 16.2. The Morgan fingerprint density at radius 3 is 2.88 bits per heavy atom. The first-order valence-electron chi connectivity index (χ1n) is 9.64. The Morgan fingerprint density at radius 1 is 1.42 bits per heavy atom. The van der Waals surface area contributed by atoms with Crippen LogP contribution in [-0.4, -0.2) is 19.4 Å². The van der Waals surface area contributed by atoms with Gasteiger partial charge in [-0.25, -0.2) is 0 Å². The second-order valence-corrected chi connectivity index (χ2v) is 8.54. The average molecular weight is 358 g/mol. The molecule has 4 atom stereocenters. The third-order valence-electron chi connectivity index (χ3n) is 7.26. The summed E-state index contributed by atoms with van der Waals surface area (Å²) in [6.07, 6.45) is 9.10. The molecule has 142 valence electrons. The Bertz CT molecular complexity index is 703. The van der Waals surface area contributed by atoms with Crippen LogP contribution in [0.25, 0.3) is 0 Å². The van der Waals surface area contributed by atoms with Gasteiger partial charge in [0.15, 0.2) is 12.0 Å². The van der Waals surface area contributed by atoms with E-state index in [0.29, 0.717) is 17.6 Å². The van der Waals surface area contributed by atoms with Gasteiger partial charge < -0.3 is 9.15 Å². The smallest absolute Gasteiger partial charge is 0.311 e. The van der Waals surface area contributed by atoms with E-state index in [1.54, 1.807) is 6.26 Å². The molecule has 0 spiro atoms. The number of aryl methyl sites for hydroxylation is 1. The lowest BCUT2D eigenvalue weighted by molar-refractivity contribution is -0.168. The Hall–Kier alpha value is -1.84. The summed E-state index contributed by atoms with van der Waals surface area (Å²) < 4.78 is 10.4. The monoisotopic (exact) mass is 358 g/mol. The average Bonchev–Trinajstić information content (AvgIpc) is 3.07. The van der Waals surface area contributed by atoms with E-state index in [4.69, 9.17) is 9.15 Å². The fourth-order valence-corrected chi connectivity index (χ4v) is 5.92. The number of fused-ring (bicyclic) bond motifs is 1. The summed E-state index contributed by atoms with van der Waals surface area (Å²) in [6.45, 7) is 8.80. The van der Waals surface area contributed by atoms with Crippen LogP contribution in [0.3, 0.4) is 0 Å². The zero-order valence-corrected chi connectivity index (χ0v) is 16.2. The Balaban J connectivity index is 1.86. The predicted molar refractivity (Wildman–Crippen MR) is 99.9 cm³/mol. The minimum Gasteiger partial charge on any atom is -0.469 e. The molecule has 1 heterocycles. The Labute approximate surface area is 156 Å². The van der Waals surface area contributed by atoms with Crippen molar-refractivity contribution in [2.24, 2.45) is 22.7 Å². The molecule has 3 rings (SSSR count). The van der Waals surface area contributed by atoms with Crippen LogP contribution >= 0.6 is 0 Å². The first-order chi connectivity index (χ1) is 12.4. The molecule has 2 aliphatic rings. The van der Waals surface area contributed by atoms with Crippen LogP contribution in [0.5, 0.6) is 0 Å². The van der Waals surface area contributed by atoms with E-state index in [2.05, 4.69) is 20.4 Å². The van der Waals surface area contributed by atoms with Gasteiger partial charge in [-0.1, -0.05) is 25.5 Å². The van der Waals surface area contributed by atoms with Crippen molar-refractivity contribution in [1.29, 1.82) is 0 Å². The number of carbonyl (C=O) groups excluding carboxylic acids is 2. The number of aldehydes is 1. The lowest BCUT2D eigenvalue weighted by Crippen LogP contribution is -2.53. The fourth-order valence-electron chi connectivity index (χ4n) is 5.92. The number of ether oxygens (including phenoxy) is 1. The van der Waals surface area contributed by atoms with E-state index in [9.17, 15) is 9.59 Å². The number of hydrogen-bond donors (Lipinski definition) is 0. The molecule has 0 bridgehead atoms. The summed E-state index contributed by atoms with van der Waals surface area (Å²) in [6, 6.07) is 1.88. The van der Waals surface area contributed by atoms with Gasteiger partial charge in [-0.05, 0) is 68.8 Å². The van der Waals surface area contributed by atoms with Crippen LogP contribution in [0, 0.1) is 22.7 Å². The number of furan rings is 1. The van der Waals surface area contributed by atoms with Crippen LogP contribution in [0.1, 0.15) is 68.5 Å².